The van der Waals surface area contributed by atoms with Crippen molar-refractivity contribution in [2.24, 2.45) is 0 Å². The van der Waals surface area contributed by atoms with Gasteiger partial charge < -0.3 is 5.23 Å². The van der Waals surface area contributed by atoms with Gasteiger partial charge in [-0.15, -0.1) is 0 Å². The van der Waals surface area contributed by atoms with Crippen LogP contribution in [-0.4, -0.2) is 13.5 Å². The molecule has 0 aliphatic heterocycles. The van der Waals surface area contributed by atoms with Crippen LogP contribution in [0.1, 0.15) is 45.4 Å². The first kappa shape index (κ1) is 8.12. The highest BCUT2D eigenvalue weighted by atomic mass is 14.9. The third kappa shape index (κ3) is 1.54. The fourth-order valence-corrected chi connectivity index (χ4v) is 2.01. The van der Waals surface area contributed by atoms with E-state index in [4.69, 9.17) is 0 Å². The second-order valence-electron chi connectivity index (χ2n) is 3.44. The van der Waals surface area contributed by atoms with E-state index in [1.807, 2.05) is 0 Å². The minimum atomic E-state index is 0.512. The molecule has 0 saturated heterocycles. The molecule has 1 fully saturated rings. The maximum atomic E-state index is 3.47. The Labute approximate surface area is 65.0 Å². The van der Waals surface area contributed by atoms with Crippen LogP contribution in [0.3, 0.4) is 0 Å². The molecule has 0 radical (unpaired) electrons. The Morgan fingerprint density at radius 2 is 1.90 bits per heavy atom. The third-order valence-corrected chi connectivity index (χ3v) is 3.02. The summed E-state index contributed by atoms with van der Waals surface area (Å²) in [6, 6.07) is 0. The van der Waals surface area contributed by atoms with Crippen molar-refractivity contribution in [1.82, 2.24) is 5.23 Å². The van der Waals surface area contributed by atoms with Crippen LogP contribution in [0.25, 0.3) is 0 Å². The lowest BCUT2D eigenvalue weighted by atomic mass is 9.79. The van der Waals surface area contributed by atoms with Crippen molar-refractivity contribution in [2.75, 3.05) is 0 Å². The lowest BCUT2D eigenvalue weighted by molar-refractivity contribution is 0.263. The minimum Gasteiger partial charge on any atom is -0.357 e. The van der Waals surface area contributed by atoms with Crippen molar-refractivity contribution < 1.29 is 0 Å². The molecule has 1 saturated carbocycles. The standard InChI is InChI=1S/C8H18BN/c1-2-8(10-9)6-4-3-5-7-8/h10H,2-7,9H2,1H3. The predicted molar refractivity (Wildman–Crippen MR) is 47.8 cm³/mol. The van der Waals surface area contributed by atoms with E-state index in [0.29, 0.717) is 5.54 Å². The first-order valence-corrected chi connectivity index (χ1v) is 4.52. The first-order chi connectivity index (χ1) is 4.83. The van der Waals surface area contributed by atoms with Crippen molar-refractivity contribution in [1.29, 1.82) is 0 Å². The fourth-order valence-electron chi connectivity index (χ4n) is 2.01. The monoisotopic (exact) mass is 139 g/mol. The van der Waals surface area contributed by atoms with Gasteiger partial charge in [-0.05, 0) is 19.3 Å². The summed E-state index contributed by atoms with van der Waals surface area (Å²) < 4.78 is 0. The second-order valence-corrected chi connectivity index (χ2v) is 3.44. The maximum absolute atomic E-state index is 3.47. The highest BCUT2D eigenvalue weighted by molar-refractivity contribution is 6.04. The Morgan fingerprint density at radius 3 is 2.20 bits per heavy atom. The quantitative estimate of drug-likeness (QED) is 0.567. The van der Waals surface area contributed by atoms with E-state index in [1.165, 1.54) is 38.5 Å². The van der Waals surface area contributed by atoms with Crippen molar-refractivity contribution >= 4 is 7.98 Å². The molecule has 1 aliphatic rings. The molecule has 1 N–H and O–H groups in total. The van der Waals surface area contributed by atoms with Crippen LogP contribution in [0.5, 0.6) is 0 Å². The summed E-state index contributed by atoms with van der Waals surface area (Å²) in [4.78, 5) is 0. The lowest BCUT2D eigenvalue weighted by Crippen LogP contribution is -2.44. The first-order valence-electron chi connectivity index (χ1n) is 4.52. The van der Waals surface area contributed by atoms with Crippen LogP contribution in [0, 0.1) is 0 Å². The van der Waals surface area contributed by atoms with E-state index in [1.54, 1.807) is 0 Å². The maximum Gasteiger partial charge on any atom is 0.182 e. The summed E-state index contributed by atoms with van der Waals surface area (Å²) >= 11 is 0. The molecule has 0 heterocycles. The molecule has 0 unspecified atom stereocenters. The zero-order chi connectivity index (χ0) is 7.45. The van der Waals surface area contributed by atoms with E-state index >= 15 is 0 Å². The average molecular weight is 139 g/mol. The Bertz CT molecular complexity index is 91.4. The van der Waals surface area contributed by atoms with Crippen molar-refractivity contribution in [3.8, 4) is 0 Å². The molecule has 1 aliphatic carbocycles. The summed E-state index contributed by atoms with van der Waals surface area (Å²) in [7, 11) is 2.11. The van der Waals surface area contributed by atoms with Gasteiger partial charge in [0.05, 0.1) is 0 Å². The molecule has 58 valence electrons. The van der Waals surface area contributed by atoms with Gasteiger partial charge in [-0.25, -0.2) is 0 Å². The van der Waals surface area contributed by atoms with Crippen LogP contribution >= 0.6 is 0 Å². The molecule has 2 heteroatoms. The molecule has 1 rings (SSSR count). The van der Waals surface area contributed by atoms with Gasteiger partial charge in [-0.3, -0.25) is 0 Å². The van der Waals surface area contributed by atoms with E-state index in [0.717, 1.165) is 0 Å². The number of rotatable bonds is 2. The molecule has 0 spiro atoms. The molecular weight excluding hydrogens is 121 g/mol. The Kier molecular flexibility index (Phi) is 2.78. The van der Waals surface area contributed by atoms with Crippen molar-refractivity contribution in [3.63, 3.8) is 0 Å². The van der Waals surface area contributed by atoms with E-state index < -0.39 is 0 Å². The molecular formula is C8H18BN. The third-order valence-electron chi connectivity index (χ3n) is 3.02. The summed E-state index contributed by atoms with van der Waals surface area (Å²) in [5.74, 6) is 0. The smallest absolute Gasteiger partial charge is 0.182 e. The van der Waals surface area contributed by atoms with Crippen LogP contribution in [0.15, 0.2) is 0 Å². The van der Waals surface area contributed by atoms with Gasteiger partial charge in [0.15, 0.2) is 7.98 Å². The normalized spacial score (nSPS) is 24.5. The van der Waals surface area contributed by atoms with Crippen molar-refractivity contribution in [3.05, 3.63) is 0 Å². The Hall–Kier alpha value is 0.0249. The molecule has 0 aromatic heterocycles. The highest BCUT2D eigenvalue weighted by Crippen LogP contribution is 2.29. The van der Waals surface area contributed by atoms with E-state index in [2.05, 4.69) is 20.1 Å². The van der Waals surface area contributed by atoms with Gasteiger partial charge in [0, 0.05) is 5.54 Å². The summed E-state index contributed by atoms with van der Waals surface area (Å²) in [5, 5.41) is 3.47. The summed E-state index contributed by atoms with van der Waals surface area (Å²) in [6.45, 7) is 2.29. The number of hydrogen-bond donors (Lipinski definition) is 1. The highest BCUT2D eigenvalue weighted by Gasteiger charge is 2.26. The van der Waals surface area contributed by atoms with Gasteiger partial charge >= 0.3 is 0 Å². The fraction of sp³-hybridized carbons (Fsp3) is 1.00. The SMILES string of the molecule is BNC1(CC)CCCCC1. The number of nitrogens with one attached hydrogen (secondary N) is 1. The van der Waals surface area contributed by atoms with Gasteiger partial charge in [0.1, 0.15) is 0 Å². The van der Waals surface area contributed by atoms with Crippen LogP contribution in [0.4, 0.5) is 0 Å². The minimum absolute atomic E-state index is 0.512. The lowest BCUT2D eigenvalue weighted by Gasteiger charge is -2.36. The molecule has 0 bridgehead atoms. The average Bonchev–Trinajstić information content (AvgIpc) is 2.06. The van der Waals surface area contributed by atoms with Crippen LogP contribution in [-0.2, 0) is 0 Å². The zero-order valence-electron chi connectivity index (χ0n) is 7.24. The molecule has 0 amide bonds. The Morgan fingerprint density at radius 1 is 1.30 bits per heavy atom. The predicted octanol–water partition coefficient (Wildman–Crippen LogP) is 1.24. The topological polar surface area (TPSA) is 12.0 Å². The van der Waals surface area contributed by atoms with Gasteiger partial charge in [0.25, 0.3) is 0 Å². The largest absolute Gasteiger partial charge is 0.357 e. The van der Waals surface area contributed by atoms with Crippen molar-refractivity contribution in [2.45, 2.75) is 51.0 Å². The molecule has 1 nitrogen and oxygen atoms in total. The second kappa shape index (κ2) is 3.43. The van der Waals surface area contributed by atoms with E-state index in [9.17, 15) is 0 Å². The van der Waals surface area contributed by atoms with E-state index in [-0.39, 0.29) is 0 Å². The summed E-state index contributed by atoms with van der Waals surface area (Å²) in [5.41, 5.74) is 0.512. The zero-order valence-corrected chi connectivity index (χ0v) is 7.24. The van der Waals surface area contributed by atoms with Gasteiger partial charge in [-0.2, -0.15) is 0 Å². The van der Waals surface area contributed by atoms with Gasteiger partial charge in [-0.1, -0.05) is 26.2 Å². The molecule has 0 atom stereocenters. The van der Waals surface area contributed by atoms with Crippen LogP contribution < -0.4 is 5.23 Å². The number of hydrogen-bond acceptors (Lipinski definition) is 1. The van der Waals surface area contributed by atoms with Crippen LogP contribution in [0.2, 0.25) is 0 Å². The molecule has 0 aromatic carbocycles. The Balaban J connectivity index is 2.44. The summed E-state index contributed by atoms with van der Waals surface area (Å²) in [6.07, 6.45) is 8.37. The molecule has 0 aromatic rings. The van der Waals surface area contributed by atoms with Gasteiger partial charge in [0.2, 0.25) is 0 Å². The molecule has 10 heavy (non-hydrogen) atoms.